The van der Waals surface area contributed by atoms with Crippen LogP contribution in [0.2, 0.25) is 0 Å². The molecule has 1 aromatic heterocycles. The summed E-state index contributed by atoms with van der Waals surface area (Å²) in [6.07, 6.45) is -3.96. The summed E-state index contributed by atoms with van der Waals surface area (Å²) < 4.78 is 50.8. The summed E-state index contributed by atoms with van der Waals surface area (Å²) in [4.78, 5) is 4.29. The molecule has 0 spiro atoms. The number of aryl methyl sites for hydroxylation is 1. The van der Waals surface area contributed by atoms with Crippen molar-refractivity contribution in [2.45, 2.75) is 26.1 Å². The number of halogens is 4. The molecule has 2 aromatic rings. The minimum atomic E-state index is -4.67. The van der Waals surface area contributed by atoms with Crippen LogP contribution in [0, 0.1) is 12.7 Å². The van der Waals surface area contributed by atoms with Gasteiger partial charge in [-0.05, 0) is 24.6 Å². The number of hydrogen-bond donors (Lipinski definition) is 1. The van der Waals surface area contributed by atoms with Crippen LogP contribution in [0.1, 0.15) is 21.8 Å². The van der Waals surface area contributed by atoms with Gasteiger partial charge in [-0.1, -0.05) is 6.07 Å². The predicted molar refractivity (Wildman–Crippen MR) is 73.7 cm³/mol. The summed E-state index contributed by atoms with van der Waals surface area (Å²) in [7, 11) is 0. The Hall–Kier alpha value is -1.47. The smallest absolute Gasteiger partial charge is 0.312 e. The second-order valence-electron chi connectivity index (χ2n) is 4.60. The fourth-order valence-electron chi connectivity index (χ4n) is 1.87. The second-order valence-corrected chi connectivity index (χ2v) is 5.66. The fourth-order valence-corrected chi connectivity index (χ4v) is 2.52. The Labute approximate surface area is 123 Å². The van der Waals surface area contributed by atoms with Gasteiger partial charge < -0.3 is 5.32 Å². The molecule has 7 heteroatoms. The van der Waals surface area contributed by atoms with E-state index in [1.807, 2.05) is 12.3 Å². The Morgan fingerprint density at radius 3 is 2.67 bits per heavy atom. The van der Waals surface area contributed by atoms with Crippen LogP contribution < -0.4 is 5.32 Å². The number of rotatable bonds is 5. The molecule has 0 radical (unpaired) electrons. The highest BCUT2D eigenvalue weighted by atomic mass is 32.1. The van der Waals surface area contributed by atoms with Crippen LogP contribution >= 0.6 is 11.3 Å². The molecule has 1 aromatic carbocycles. The Balaban J connectivity index is 1.89. The van der Waals surface area contributed by atoms with Gasteiger partial charge in [-0.15, -0.1) is 11.3 Å². The van der Waals surface area contributed by atoms with Crippen LogP contribution in [0.3, 0.4) is 0 Å². The topological polar surface area (TPSA) is 24.9 Å². The third-order valence-corrected chi connectivity index (χ3v) is 3.71. The predicted octanol–water partition coefficient (Wildman–Crippen LogP) is 3.94. The normalized spacial score (nSPS) is 11.9. The first-order valence-corrected chi connectivity index (χ1v) is 7.21. The lowest BCUT2D eigenvalue weighted by Crippen LogP contribution is -2.18. The minimum absolute atomic E-state index is 0.256. The van der Waals surface area contributed by atoms with E-state index in [1.165, 1.54) is 6.07 Å². The van der Waals surface area contributed by atoms with E-state index >= 15 is 0 Å². The molecular weight excluding hydrogens is 304 g/mol. The number of hydrogen-bond acceptors (Lipinski definition) is 3. The minimum Gasteiger partial charge on any atom is -0.312 e. The van der Waals surface area contributed by atoms with Crippen LogP contribution in [-0.2, 0) is 19.1 Å². The highest BCUT2D eigenvalue weighted by molar-refractivity contribution is 7.09. The lowest BCUT2D eigenvalue weighted by molar-refractivity contribution is -0.140. The van der Waals surface area contributed by atoms with Gasteiger partial charge in [-0.3, -0.25) is 0 Å². The van der Waals surface area contributed by atoms with E-state index in [1.54, 1.807) is 11.3 Å². The van der Waals surface area contributed by atoms with Crippen molar-refractivity contribution in [1.29, 1.82) is 0 Å². The van der Waals surface area contributed by atoms with E-state index in [2.05, 4.69) is 10.3 Å². The van der Waals surface area contributed by atoms with Crippen LogP contribution in [0.15, 0.2) is 23.6 Å². The number of nitrogens with one attached hydrogen (secondary N) is 1. The molecule has 1 N–H and O–H groups in total. The van der Waals surface area contributed by atoms with Crippen molar-refractivity contribution in [2.24, 2.45) is 0 Å². The Bertz CT molecular complexity index is 607. The molecular formula is C14H14F4N2S. The first kappa shape index (κ1) is 15.9. The van der Waals surface area contributed by atoms with Crippen LogP contribution in [-0.4, -0.2) is 11.5 Å². The molecule has 2 nitrogen and oxygen atoms in total. The van der Waals surface area contributed by atoms with Gasteiger partial charge in [0, 0.05) is 24.9 Å². The summed E-state index contributed by atoms with van der Waals surface area (Å²) in [5, 5.41) is 5.97. The van der Waals surface area contributed by atoms with E-state index < -0.39 is 17.6 Å². The number of thiazole rings is 1. The molecule has 0 amide bonds. The van der Waals surface area contributed by atoms with Crippen LogP contribution in [0.5, 0.6) is 0 Å². The zero-order chi connectivity index (χ0) is 15.5. The molecule has 0 unspecified atom stereocenters. The Kier molecular flexibility index (Phi) is 4.95. The van der Waals surface area contributed by atoms with E-state index in [0.717, 1.165) is 22.8 Å². The zero-order valence-electron chi connectivity index (χ0n) is 11.3. The second kappa shape index (κ2) is 6.53. The molecule has 0 bridgehead atoms. The summed E-state index contributed by atoms with van der Waals surface area (Å²) in [5.74, 6) is -1.25. The Morgan fingerprint density at radius 1 is 1.29 bits per heavy atom. The van der Waals surface area contributed by atoms with Gasteiger partial charge >= 0.3 is 6.18 Å². The van der Waals surface area contributed by atoms with Gasteiger partial charge in [-0.2, -0.15) is 13.2 Å². The highest BCUT2D eigenvalue weighted by Crippen LogP contribution is 2.31. The maximum absolute atomic E-state index is 13.1. The molecule has 0 atom stereocenters. The third-order valence-electron chi connectivity index (χ3n) is 2.89. The molecule has 114 valence electrons. The van der Waals surface area contributed by atoms with Crippen molar-refractivity contribution in [2.75, 3.05) is 6.54 Å². The number of benzene rings is 1. The van der Waals surface area contributed by atoms with Crippen LogP contribution in [0.25, 0.3) is 0 Å². The first-order valence-electron chi connectivity index (χ1n) is 6.33. The van der Waals surface area contributed by atoms with Gasteiger partial charge in [-0.25, -0.2) is 9.37 Å². The SMILES string of the molecule is Cc1nc(CCNCc2ccc(F)c(C(F)(F)F)c2)cs1. The molecule has 0 fully saturated rings. The number of nitrogens with zero attached hydrogens (tertiary/aromatic N) is 1. The van der Waals surface area contributed by atoms with Gasteiger partial charge in [0.25, 0.3) is 0 Å². The van der Waals surface area contributed by atoms with Crippen molar-refractivity contribution < 1.29 is 17.6 Å². The molecule has 0 saturated carbocycles. The average molecular weight is 318 g/mol. The number of alkyl halides is 3. The van der Waals surface area contributed by atoms with E-state index in [4.69, 9.17) is 0 Å². The van der Waals surface area contributed by atoms with E-state index in [9.17, 15) is 17.6 Å². The van der Waals surface area contributed by atoms with E-state index in [-0.39, 0.29) is 6.54 Å². The number of aromatic nitrogens is 1. The van der Waals surface area contributed by atoms with Crippen molar-refractivity contribution in [3.8, 4) is 0 Å². The average Bonchev–Trinajstić information content (AvgIpc) is 2.81. The lowest BCUT2D eigenvalue weighted by Gasteiger charge is -2.10. The summed E-state index contributed by atoms with van der Waals surface area (Å²) in [6, 6.07) is 3.05. The first-order chi connectivity index (χ1) is 9.86. The standard InChI is InChI=1S/C14H14F4N2S/c1-9-20-11(8-21-9)4-5-19-7-10-2-3-13(15)12(6-10)14(16,17)18/h2-3,6,8,19H,4-5,7H2,1H3. The quantitative estimate of drug-likeness (QED) is 0.667. The van der Waals surface area contributed by atoms with Crippen molar-refractivity contribution in [3.05, 3.63) is 51.2 Å². The van der Waals surface area contributed by atoms with Gasteiger partial charge in [0.2, 0.25) is 0 Å². The van der Waals surface area contributed by atoms with Gasteiger partial charge in [0.1, 0.15) is 5.82 Å². The molecule has 0 saturated heterocycles. The van der Waals surface area contributed by atoms with Gasteiger partial charge in [0.15, 0.2) is 0 Å². The van der Waals surface area contributed by atoms with Crippen molar-refractivity contribution >= 4 is 11.3 Å². The van der Waals surface area contributed by atoms with Crippen molar-refractivity contribution in [3.63, 3.8) is 0 Å². The molecule has 0 aliphatic rings. The maximum Gasteiger partial charge on any atom is 0.419 e. The Morgan fingerprint density at radius 2 is 2.05 bits per heavy atom. The zero-order valence-corrected chi connectivity index (χ0v) is 12.1. The molecule has 0 aliphatic heterocycles. The molecule has 0 aliphatic carbocycles. The maximum atomic E-state index is 13.1. The van der Waals surface area contributed by atoms with Crippen molar-refractivity contribution in [1.82, 2.24) is 10.3 Å². The molecule has 2 rings (SSSR count). The summed E-state index contributed by atoms with van der Waals surface area (Å²) >= 11 is 1.56. The fraction of sp³-hybridized carbons (Fsp3) is 0.357. The molecule has 1 heterocycles. The van der Waals surface area contributed by atoms with Crippen LogP contribution in [0.4, 0.5) is 17.6 Å². The molecule has 21 heavy (non-hydrogen) atoms. The van der Waals surface area contributed by atoms with E-state index in [0.29, 0.717) is 18.5 Å². The highest BCUT2D eigenvalue weighted by Gasteiger charge is 2.34. The van der Waals surface area contributed by atoms with Gasteiger partial charge in [0.05, 0.1) is 16.3 Å². The largest absolute Gasteiger partial charge is 0.419 e. The summed E-state index contributed by atoms with van der Waals surface area (Å²) in [6.45, 7) is 2.77. The third kappa shape index (κ3) is 4.50. The monoisotopic (exact) mass is 318 g/mol. The summed E-state index contributed by atoms with van der Waals surface area (Å²) in [5.41, 5.74) is 0.134. The lowest BCUT2D eigenvalue weighted by atomic mass is 10.1.